The number of aromatic nitrogens is 2. The number of aliphatic hydroxyl groups excluding tert-OH is 1. The van der Waals surface area contributed by atoms with E-state index in [1.807, 2.05) is 41.2 Å². The normalized spacial score (nSPS) is 14.2. The second-order valence-electron chi connectivity index (χ2n) is 5.30. The lowest BCUT2D eigenvalue weighted by Gasteiger charge is -2.16. The van der Waals surface area contributed by atoms with Crippen LogP contribution in [0.5, 0.6) is 0 Å². The van der Waals surface area contributed by atoms with Crippen LogP contribution in [0.2, 0.25) is 0 Å². The molecule has 0 saturated carbocycles. The highest BCUT2D eigenvalue weighted by atomic mass is 16.3. The Morgan fingerprint density at radius 1 is 1.25 bits per heavy atom. The molecule has 0 bridgehead atoms. The van der Waals surface area contributed by atoms with Crippen LogP contribution in [0, 0.1) is 5.92 Å². The Bertz CT molecular complexity index is 509. The van der Waals surface area contributed by atoms with Crippen molar-refractivity contribution < 1.29 is 5.11 Å². The Kier molecular flexibility index (Phi) is 5.32. The second-order valence-corrected chi connectivity index (χ2v) is 5.30. The minimum atomic E-state index is 0.253. The molecule has 0 spiro atoms. The number of benzene rings is 1. The number of nitrogens with zero attached hydrogens (tertiary/aromatic N) is 2. The molecule has 0 aliphatic carbocycles. The van der Waals surface area contributed by atoms with E-state index in [9.17, 15) is 0 Å². The summed E-state index contributed by atoms with van der Waals surface area (Å²) >= 11 is 0. The molecular formula is C16H23N3O. The number of rotatable bonds is 7. The predicted octanol–water partition coefficient (Wildman–Crippen LogP) is 2.54. The van der Waals surface area contributed by atoms with Crippen LogP contribution in [0.4, 0.5) is 0 Å². The molecule has 0 radical (unpaired) electrons. The third-order valence-corrected chi connectivity index (χ3v) is 3.52. The van der Waals surface area contributed by atoms with Crippen molar-refractivity contribution in [1.82, 2.24) is 15.1 Å². The number of para-hydroxylation sites is 1. The van der Waals surface area contributed by atoms with Crippen molar-refractivity contribution in [3.63, 3.8) is 0 Å². The van der Waals surface area contributed by atoms with Gasteiger partial charge in [-0.3, -0.25) is 0 Å². The summed E-state index contributed by atoms with van der Waals surface area (Å²) in [5, 5.41) is 16.8. The van der Waals surface area contributed by atoms with E-state index in [0.717, 1.165) is 18.7 Å². The summed E-state index contributed by atoms with van der Waals surface area (Å²) in [6.45, 7) is 5.43. The molecule has 2 N–H and O–H groups in total. The molecule has 2 aromatic rings. The highest BCUT2D eigenvalue weighted by molar-refractivity contribution is 5.31. The van der Waals surface area contributed by atoms with Gasteiger partial charge in [-0.25, -0.2) is 4.68 Å². The largest absolute Gasteiger partial charge is 0.396 e. The van der Waals surface area contributed by atoms with Gasteiger partial charge in [-0.1, -0.05) is 25.1 Å². The standard InChI is InChI=1S/C16H23N3O/c1-13(8-9-20)10-17-14(2)15-11-18-19(12-15)16-6-4-3-5-7-16/h3-7,11-14,17,20H,8-10H2,1-2H3. The third-order valence-electron chi connectivity index (χ3n) is 3.52. The number of hydrogen-bond donors (Lipinski definition) is 2. The zero-order valence-electron chi connectivity index (χ0n) is 12.2. The van der Waals surface area contributed by atoms with Crippen molar-refractivity contribution in [1.29, 1.82) is 0 Å². The summed E-state index contributed by atoms with van der Waals surface area (Å²) in [5.74, 6) is 0.478. The van der Waals surface area contributed by atoms with Gasteiger partial charge in [-0.05, 0) is 37.9 Å². The molecule has 2 rings (SSSR count). The summed E-state index contributed by atoms with van der Waals surface area (Å²) in [6.07, 6.45) is 4.80. The molecule has 0 saturated heterocycles. The summed E-state index contributed by atoms with van der Waals surface area (Å²) in [6, 6.07) is 10.4. The lowest BCUT2D eigenvalue weighted by Crippen LogP contribution is -2.24. The van der Waals surface area contributed by atoms with Gasteiger partial charge in [0, 0.05) is 24.4 Å². The molecule has 2 unspecified atom stereocenters. The fraction of sp³-hybridized carbons (Fsp3) is 0.438. The Morgan fingerprint density at radius 3 is 2.70 bits per heavy atom. The maximum absolute atomic E-state index is 8.91. The summed E-state index contributed by atoms with van der Waals surface area (Å²) in [4.78, 5) is 0. The first kappa shape index (κ1) is 14.8. The number of aliphatic hydroxyl groups is 1. The quantitative estimate of drug-likeness (QED) is 0.815. The van der Waals surface area contributed by atoms with Gasteiger partial charge >= 0.3 is 0 Å². The zero-order chi connectivity index (χ0) is 14.4. The van der Waals surface area contributed by atoms with Crippen LogP contribution in [0.3, 0.4) is 0 Å². The van der Waals surface area contributed by atoms with Gasteiger partial charge in [-0.15, -0.1) is 0 Å². The minimum Gasteiger partial charge on any atom is -0.396 e. The Hall–Kier alpha value is -1.65. The van der Waals surface area contributed by atoms with Crippen molar-refractivity contribution in [3.05, 3.63) is 48.3 Å². The maximum atomic E-state index is 8.91. The average molecular weight is 273 g/mol. The fourth-order valence-corrected chi connectivity index (χ4v) is 2.10. The van der Waals surface area contributed by atoms with E-state index in [2.05, 4.69) is 30.5 Å². The van der Waals surface area contributed by atoms with E-state index < -0.39 is 0 Å². The van der Waals surface area contributed by atoms with Crippen molar-refractivity contribution in [2.75, 3.05) is 13.2 Å². The maximum Gasteiger partial charge on any atom is 0.0645 e. The summed E-state index contributed by atoms with van der Waals surface area (Å²) in [5.41, 5.74) is 2.24. The van der Waals surface area contributed by atoms with Crippen LogP contribution in [-0.2, 0) is 0 Å². The molecule has 4 heteroatoms. The highest BCUT2D eigenvalue weighted by Gasteiger charge is 2.10. The van der Waals surface area contributed by atoms with E-state index in [1.165, 1.54) is 5.56 Å². The molecule has 0 amide bonds. The topological polar surface area (TPSA) is 50.1 Å². The van der Waals surface area contributed by atoms with Crippen molar-refractivity contribution in [2.45, 2.75) is 26.3 Å². The molecular weight excluding hydrogens is 250 g/mol. The Labute approximate surface area is 120 Å². The molecule has 4 nitrogen and oxygen atoms in total. The first-order valence-corrected chi connectivity index (χ1v) is 7.15. The molecule has 1 aromatic heterocycles. The van der Waals surface area contributed by atoms with E-state index >= 15 is 0 Å². The van der Waals surface area contributed by atoms with Crippen molar-refractivity contribution in [2.24, 2.45) is 5.92 Å². The Morgan fingerprint density at radius 2 is 2.00 bits per heavy atom. The predicted molar refractivity (Wildman–Crippen MR) is 80.8 cm³/mol. The molecule has 1 aromatic carbocycles. The molecule has 2 atom stereocenters. The van der Waals surface area contributed by atoms with Gasteiger partial charge in [0.1, 0.15) is 0 Å². The first-order chi connectivity index (χ1) is 9.70. The van der Waals surface area contributed by atoms with Crippen LogP contribution >= 0.6 is 0 Å². The fourth-order valence-electron chi connectivity index (χ4n) is 2.10. The SMILES string of the molecule is CC(CCO)CNC(C)c1cnn(-c2ccccc2)c1. The summed E-state index contributed by atoms with van der Waals surface area (Å²) < 4.78 is 1.89. The minimum absolute atomic E-state index is 0.253. The van der Waals surface area contributed by atoms with Gasteiger partial charge in [-0.2, -0.15) is 5.10 Å². The van der Waals surface area contributed by atoms with Crippen molar-refractivity contribution >= 4 is 0 Å². The van der Waals surface area contributed by atoms with E-state index in [0.29, 0.717) is 5.92 Å². The second kappa shape index (κ2) is 7.22. The zero-order valence-corrected chi connectivity index (χ0v) is 12.2. The van der Waals surface area contributed by atoms with Crippen molar-refractivity contribution in [3.8, 4) is 5.69 Å². The van der Waals surface area contributed by atoms with E-state index in [1.54, 1.807) is 0 Å². The number of nitrogens with one attached hydrogen (secondary N) is 1. The van der Waals surface area contributed by atoms with E-state index in [-0.39, 0.29) is 12.6 Å². The third kappa shape index (κ3) is 3.92. The molecule has 0 aliphatic rings. The van der Waals surface area contributed by atoms with Crippen LogP contribution in [0.25, 0.3) is 5.69 Å². The Balaban J connectivity index is 1.95. The van der Waals surface area contributed by atoms with E-state index in [4.69, 9.17) is 5.11 Å². The van der Waals surface area contributed by atoms with Crippen LogP contribution < -0.4 is 5.32 Å². The molecule has 0 fully saturated rings. The molecule has 20 heavy (non-hydrogen) atoms. The average Bonchev–Trinajstić information content (AvgIpc) is 2.96. The van der Waals surface area contributed by atoms with Gasteiger partial charge in [0.05, 0.1) is 11.9 Å². The highest BCUT2D eigenvalue weighted by Crippen LogP contribution is 2.14. The molecule has 1 heterocycles. The van der Waals surface area contributed by atoms with Gasteiger partial charge in [0.2, 0.25) is 0 Å². The number of hydrogen-bond acceptors (Lipinski definition) is 3. The van der Waals surface area contributed by atoms with Gasteiger partial charge in [0.25, 0.3) is 0 Å². The van der Waals surface area contributed by atoms with Crippen LogP contribution in [0.15, 0.2) is 42.7 Å². The summed E-state index contributed by atoms with van der Waals surface area (Å²) in [7, 11) is 0. The lowest BCUT2D eigenvalue weighted by atomic mass is 10.1. The first-order valence-electron chi connectivity index (χ1n) is 7.15. The van der Waals surface area contributed by atoms with Crippen LogP contribution in [0.1, 0.15) is 31.9 Å². The molecule has 108 valence electrons. The lowest BCUT2D eigenvalue weighted by molar-refractivity contribution is 0.258. The smallest absolute Gasteiger partial charge is 0.0645 e. The monoisotopic (exact) mass is 273 g/mol. The van der Waals surface area contributed by atoms with Gasteiger partial charge in [0.15, 0.2) is 0 Å². The van der Waals surface area contributed by atoms with Gasteiger partial charge < -0.3 is 10.4 Å². The molecule has 0 aliphatic heterocycles. The van der Waals surface area contributed by atoms with Crippen LogP contribution in [-0.4, -0.2) is 28.0 Å².